The van der Waals surface area contributed by atoms with Crippen molar-refractivity contribution in [2.24, 2.45) is 13.0 Å². The van der Waals surface area contributed by atoms with E-state index in [1.165, 1.54) is 0 Å². The van der Waals surface area contributed by atoms with Gasteiger partial charge in [0.15, 0.2) is 5.16 Å². The molecule has 146 valence electrons. The van der Waals surface area contributed by atoms with Crippen LogP contribution in [-0.4, -0.2) is 40.6 Å². The van der Waals surface area contributed by atoms with Crippen LogP contribution in [0.25, 0.3) is 17.0 Å². The summed E-state index contributed by atoms with van der Waals surface area (Å²) in [7, 11) is 1.80. The maximum Gasteiger partial charge on any atom is 0.256 e. The SMILES string of the molecule is Cn1nnnc1-n1c(SCc2cccc(NC(=O)C3CC3)n2)nc2ccccc21. The Morgan fingerprint density at radius 1 is 1.17 bits per heavy atom. The van der Waals surface area contributed by atoms with E-state index in [1.807, 2.05) is 47.0 Å². The van der Waals surface area contributed by atoms with Crippen LogP contribution in [0.5, 0.6) is 0 Å². The molecular formula is C19H18N8OS. The van der Waals surface area contributed by atoms with E-state index in [1.54, 1.807) is 23.5 Å². The van der Waals surface area contributed by atoms with Gasteiger partial charge in [0.25, 0.3) is 5.95 Å². The van der Waals surface area contributed by atoms with Crippen LogP contribution in [0.15, 0.2) is 47.6 Å². The number of thioether (sulfide) groups is 1. The van der Waals surface area contributed by atoms with Crippen molar-refractivity contribution in [3.05, 3.63) is 48.2 Å². The molecule has 1 amide bonds. The van der Waals surface area contributed by atoms with Crippen molar-refractivity contribution >= 4 is 34.5 Å². The first-order valence-electron chi connectivity index (χ1n) is 9.29. The summed E-state index contributed by atoms with van der Waals surface area (Å²) in [6.07, 6.45) is 1.93. The number of fused-ring (bicyclic) bond motifs is 1. The summed E-state index contributed by atoms with van der Waals surface area (Å²) in [5.74, 6) is 1.99. The molecule has 0 unspecified atom stereocenters. The van der Waals surface area contributed by atoms with Gasteiger partial charge in [-0.1, -0.05) is 35.1 Å². The van der Waals surface area contributed by atoms with Gasteiger partial charge in [-0.15, -0.1) is 0 Å². The van der Waals surface area contributed by atoms with Gasteiger partial charge in [-0.25, -0.2) is 14.6 Å². The Hall–Kier alpha value is -3.27. The fourth-order valence-electron chi connectivity index (χ4n) is 3.05. The van der Waals surface area contributed by atoms with Gasteiger partial charge in [-0.05, 0) is 47.5 Å². The number of rotatable bonds is 6. The van der Waals surface area contributed by atoms with Crippen molar-refractivity contribution in [1.29, 1.82) is 0 Å². The van der Waals surface area contributed by atoms with Gasteiger partial charge in [0.2, 0.25) is 5.91 Å². The number of carbonyl (C=O) groups is 1. The van der Waals surface area contributed by atoms with Crippen LogP contribution in [0.3, 0.4) is 0 Å². The number of aryl methyl sites for hydroxylation is 1. The van der Waals surface area contributed by atoms with Gasteiger partial charge in [0.05, 0.1) is 16.7 Å². The molecule has 4 aromatic rings. The highest BCUT2D eigenvalue weighted by Crippen LogP contribution is 2.31. The van der Waals surface area contributed by atoms with Crippen LogP contribution in [0.1, 0.15) is 18.5 Å². The second kappa shape index (κ2) is 7.28. The van der Waals surface area contributed by atoms with Gasteiger partial charge >= 0.3 is 0 Å². The average molecular weight is 406 g/mol. The molecule has 1 aliphatic rings. The first-order chi connectivity index (χ1) is 14.2. The first-order valence-corrected chi connectivity index (χ1v) is 10.3. The van der Waals surface area contributed by atoms with E-state index in [2.05, 4.69) is 25.8 Å². The predicted octanol–water partition coefficient (Wildman–Crippen LogP) is 2.58. The lowest BCUT2D eigenvalue weighted by Gasteiger charge is -2.08. The third-order valence-corrected chi connectivity index (χ3v) is 5.66. The molecule has 1 aliphatic carbocycles. The van der Waals surface area contributed by atoms with Gasteiger partial charge in [-0.2, -0.15) is 0 Å². The van der Waals surface area contributed by atoms with Gasteiger partial charge in [0, 0.05) is 18.7 Å². The molecule has 0 bridgehead atoms. The van der Waals surface area contributed by atoms with Crippen LogP contribution in [-0.2, 0) is 17.6 Å². The summed E-state index contributed by atoms with van der Waals surface area (Å²) in [4.78, 5) is 21.3. The number of carbonyl (C=O) groups excluding carboxylic acids is 1. The number of hydrogen-bond acceptors (Lipinski definition) is 7. The van der Waals surface area contributed by atoms with Crippen LogP contribution in [0.2, 0.25) is 0 Å². The molecule has 0 radical (unpaired) electrons. The van der Waals surface area contributed by atoms with Crippen LogP contribution < -0.4 is 5.32 Å². The number of aromatic nitrogens is 7. The topological polar surface area (TPSA) is 103 Å². The Kier molecular flexibility index (Phi) is 4.47. The number of benzene rings is 1. The number of anilines is 1. The lowest BCUT2D eigenvalue weighted by Crippen LogP contribution is -2.14. The smallest absolute Gasteiger partial charge is 0.256 e. The van der Waals surface area contributed by atoms with Gasteiger partial charge < -0.3 is 5.32 Å². The minimum absolute atomic E-state index is 0.0545. The summed E-state index contributed by atoms with van der Waals surface area (Å²) < 4.78 is 3.56. The van der Waals surface area contributed by atoms with E-state index < -0.39 is 0 Å². The Labute approximate surface area is 170 Å². The van der Waals surface area contributed by atoms with Crippen LogP contribution in [0.4, 0.5) is 5.82 Å². The number of nitrogens with zero attached hydrogens (tertiary/aromatic N) is 7. The average Bonchev–Trinajstić information content (AvgIpc) is 3.41. The maximum atomic E-state index is 12.0. The molecule has 9 nitrogen and oxygen atoms in total. The number of para-hydroxylation sites is 2. The Balaban J connectivity index is 1.41. The van der Waals surface area contributed by atoms with E-state index >= 15 is 0 Å². The third-order valence-electron chi connectivity index (χ3n) is 4.68. The van der Waals surface area contributed by atoms with E-state index in [9.17, 15) is 4.79 Å². The highest BCUT2D eigenvalue weighted by molar-refractivity contribution is 7.98. The van der Waals surface area contributed by atoms with E-state index in [0.717, 1.165) is 34.7 Å². The molecular weight excluding hydrogens is 388 g/mol. The van der Waals surface area contributed by atoms with E-state index in [4.69, 9.17) is 4.98 Å². The Morgan fingerprint density at radius 2 is 2.03 bits per heavy atom. The lowest BCUT2D eigenvalue weighted by molar-refractivity contribution is -0.117. The monoisotopic (exact) mass is 406 g/mol. The summed E-state index contributed by atoms with van der Waals surface area (Å²) in [5, 5.41) is 15.5. The van der Waals surface area contributed by atoms with E-state index in [0.29, 0.717) is 17.5 Å². The second-order valence-electron chi connectivity index (χ2n) is 6.89. The molecule has 1 fully saturated rings. The quantitative estimate of drug-likeness (QED) is 0.491. The van der Waals surface area contributed by atoms with Crippen molar-refractivity contribution in [2.75, 3.05) is 5.32 Å². The predicted molar refractivity (Wildman–Crippen MR) is 109 cm³/mol. The molecule has 1 aromatic carbocycles. The number of nitrogens with one attached hydrogen (secondary N) is 1. The van der Waals surface area contributed by atoms with Crippen molar-refractivity contribution < 1.29 is 4.79 Å². The maximum absolute atomic E-state index is 12.0. The molecule has 0 spiro atoms. The van der Waals surface area contributed by atoms with Crippen molar-refractivity contribution in [2.45, 2.75) is 23.8 Å². The minimum Gasteiger partial charge on any atom is -0.310 e. The molecule has 29 heavy (non-hydrogen) atoms. The molecule has 5 rings (SSSR count). The van der Waals surface area contributed by atoms with E-state index in [-0.39, 0.29) is 11.8 Å². The molecule has 10 heteroatoms. The van der Waals surface area contributed by atoms with Crippen molar-refractivity contribution in [3.63, 3.8) is 0 Å². The number of pyridine rings is 1. The first kappa shape index (κ1) is 17.8. The normalized spacial score (nSPS) is 13.7. The Morgan fingerprint density at radius 3 is 2.83 bits per heavy atom. The molecule has 3 heterocycles. The zero-order chi connectivity index (χ0) is 19.8. The number of amides is 1. The summed E-state index contributed by atoms with van der Waals surface area (Å²) in [6.45, 7) is 0. The molecule has 0 saturated heterocycles. The van der Waals surface area contributed by atoms with Crippen molar-refractivity contribution in [1.82, 2.24) is 34.7 Å². The number of imidazole rings is 1. The summed E-state index contributed by atoms with van der Waals surface area (Å²) in [6, 6.07) is 13.5. The minimum atomic E-state index is 0.0545. The van der Waals surface area contributed by atoms with Gasteiger partial charge in [-0.3, -0.25) is 9.36 Å². The fourth-order valence-corrected chi connectivity index (χ4v) is 3.96. The summed E-state index contributed by atoms with van der Waals surface area (Å²) >= 11 is 1.55. The highest BCUT2D eigenvalue weighted by atomic mass is 32.2. The van der Waals surface area contributed by atoms with Gasteiger partial charge in [0.1, 0.15) is 5.82 Å². The number of hydrogen-bond donors (Lipinski definition) is 1. The molecule has 3 aromatic heterocycles. The third kappa shape index (κ3) is 3.58. The van der Waals surface area contributed by atoms with Crippen LogP contribution >= 0.6 is 11.8 Å². The Bertz CT molecular complexity index is 1200. The molecule has 1 saturated carbocycles. The zero-order valence-electron chi connectivity index (χ0n) is 15.7. The largest absolute Gasteiger partial charge is 0.310 e. The number of tetrazole rings is 1. The zero-order valence-corrected chi connectivity index (χ0v) is 16.5. The summed E-state index contributed by atoms with van der Waals surface area (Å²) in [5.41, 5.74) is 2.67. The molecule has 1 N–H and O–H groups in total. The fraction of sp³-hybridized carbons (Fsp3) is 0.263. The molecule has 0 aliphatic heterocycles. The highest BCUT2D eigenvalue weighted by Gasteiger charge is 2.29. The van der Waals surface area contributed by atoms with Crippen molar-refractivity contribution in [3.8, 4) is 5.95 Å². The molecule has 0 atom stereocenters. The standard InChI is InChI=1S/C19H18N8OS/c1-26-18(23-24-25-26)27-15-7-3-2-6-14(15)21-19(27)29-11-13-5-4-8-16(20-13)22-17(28)12-9-10-12/h2-8,12H,9-11H2,1H3,(H,20,22,28). The lowest BCUT2D eigenvalue weighted by atomic mass is 10.3. The second-order valence-corrected chi connectivity index (χ2v) is 7.83. The van der Waals surface area contributed by atoms with Crippen LogP contribution in [0, 0.1) is 5.92 Å².